The Bertz CT molecular complexity index is 681. The van der Waals surface area contributed by atoms with Crippen LogP contribution in [0.25, 0.3) is 0 Å². The molecule has 2 aliphatic rings. The van der Waals surface area contributed by atoms with Gasteiger partial charge < -0.3 is 9.64 Å². The number of hydrogen-bond donors (Lipinski definition) is 0. The molecule has 0 N–H and O–H groups in total. The van der Waals surface area contributed by atoms with E-state index in [2.05, 4.69) is 4.90 Å². The number of carbonyl (C=O) groups excluding carboxylic acids is 1. The first-order valence-corrected chi connectivity index (χ1v) is 9.68. The van der Waals surface area contributed by atoms with E-state index in [-0.39, 0.29) is 17.7 Å². The third-order valence-corrected chi connectivity index (χ3v) is 6.39. The molecule has 0 bridgehead atoms. The van der Waals surface area contributed by atoms with E-state index in [4.69, 9.17) is 4.74 Å². The summed E-state index contributed by atoms with van der Waals surface area (Å²) >= 11 is 0. The first-order valence-electron chi connectivity index (χ1n) is 7.86. The molecule has 0 spiro atoms. The van der Waals surface area contributed by atoms with E-state index in [0.717, 1.165) is 13.1 Å². The molecule has 0 saturated carbocycles. The molecule has 3 rings (SSSR count). The highest BCUT2D eigenvalue weighted by molar-refractivity contribution is 7.91. The van der Waals surface area contributed by atoms with Gasteiger partial charge in [0.05, 0.1) is 18.6 Å². The Morgan fingerprint density at radius 3 is 2.57 bits per heavy atom. The van der Waals surface area contributed by atoms with E-state index in [9.17, 15) is 13.2 Å². The van der Waals surface area contributed by atoms with E-state index in [0.29, 0.717) is 36.6 Å². The predicted molar refractivity (Wildman–Crippen MR) is 87.5 cm³/mol. The van der Waals surface area contributed by atoms with Crippen molar-refractivity contribution >= 4 is 15.7 Å². The van der Waals surface area contributed by atoms with Crippen molar-refractivity contribution in [2.75, 3.05) is 44.8 Å². The smallest absolute Gasteiger partial charge is 0.254 e. The third kappa shape index (κ3) is 3.67. The third-order valence-electron chi connectivity index (χ3n) is 4.64. The van der Waals surface area contributed by atoms with E-state index < -0.39 is 9.84 Å². The van der Waals surface area contributed by atoms with Crippen LogP contribution in [0.15, 0.2) is 24.3 Å². The van der Waals surface area contributed by atoms with Crippen LogP contribution in [0.5, 0.6) is 5.75 Å². The summed E-state index contributed by atoms with van der Waals surface area (Å²) in [6.07, 6.45) is 0.714. The highest BCUT2D eigenvalue weighted by atomic mass is 32.2. The van der Waals surface area contributed by atoms with Gasteiger partial charge in [0, 0.05) is 37.8 Å². The Hall–Kier alpha value is -1.60. The SMILES string of the molecule is COc1cccc(C(=O)N2CCN([C@H]3CCS(=O)(=O)C3)CC2)c1. The fourth-order valence-electron chi connectivity index (χ4n) is 3.29. The number of sulfone groups is 1. The van der Waals surface area contributed by atoms with Crippen molar-refractivity contribution in [2.45, 2.75) is 12.5 Å². The second-order valence-electron chi connectivity index (χ2n) is 6.12. The van der Waals surface area contributed by atoms with Gasteiger partial charge in [-0.05, 0) is 24.6 Å². The molecule has 2 fully saturated rings. The van der Waals surface area contributed by atoms with Gasteiger partial charge in [0.1, 0.15) is 5.75 Å². The molecule has 1 amide bonds. The minimum atomic E-state index is -2.86. The molecular weight excluding hydrogens is 316 g/mol. The summed E-state index contributed by atoms with van der Waals surface area (Å²) in [6, 6.07) is 7.29. The van der Waals surface area contributed by atoms with Crippen molar-refractivity contribution < 1.29 is 17.9 Å². The largest absolute Gasteiger partial charge is 0.497 e. The minimum Gasteiger partial charge on any atom is -0.497 e. The molecule has 7 heteroatoms. The Kier molecular flexibility index (Phi) is 4.59. The maximum Gasteiger partial charge on any atom is 0.254 e. The molecule has 0 aliphatic carbocycles. The van der Waals surface area contributed by atoms with Crippen molar-refractivity contribution in [3.8, 4) is 5.75 Å². The zero-order valence-electron chi connectivity index (χ0n) is 13.3. The number of methoxy groups -OCH3 is 1. The molecular formula is C16H22N2O4S. The highest BCUT2D eigenvalue weighted by Crippen LogP contribution is 2.20. The van der Waals surface area contributed by atoms with Crippen molar-refractivity contribution in [1.82, 2.24) is 9.80 Å². The van der Waals surface area contributed by atoms with Crippen LogP contribution in [0.4, 0.5) is 0 Å². The molecule has 0 unspecified atom stereocenters. The van der Waals surface area contributed by atoms with Gasteiger partial charge in [-0.15, -0.1) is 0 Å². The van der Waals surface area contributed by atoms with Crippen LogP contribution >= 0.6 is 0 Å². The van der Waals surface area contributed by atoms with Gasteiger partial charge in [0.2, 0.25) is 0 Å². The molecule has 126 valence electrons. The molecule has 1 atom stereocenters. The lowest BCUT2D eigenvalue weighted by molar-refractivity contribution is 0.0587. The molecule has 6 nitrogen and oxygen atoms in total. The second-order valence-corrected chi connectivity index (χ2v) is 8.35. The first-order chi connectivity index (χ1) is 11.0. The average Bonchev–Trinajstić information content (AvgIpc) is 2.94. The lowest BCUT2D eigenvalue weighted by Gasteiger charge is -2.37. The van der Waals surface area contributed by atoms with E-state index in [1.165, 1.54) is 0 Å². The molecule has 0 radical (unpaired) electrons. The van der Waals surface area contributed by atoms with E-state index in [1.54, 1.807) is 19.2 Å². The van der Waals surface area contributed by atoms with Gasteiger partial charge in [-0.2, -0.15) is 0 Å². The summed E-state index contributed by atoms with van der Waals surface area (Å²) in [6.45, 7) is 2.73. The monoisotopic (exact) mass is 338 g/mol. The van der Waals surface area contributed by atoms with Crippen molar-refractivity contribution in [3.05, 3.63) is 29.8 Å². The maximum atomic E-state index is 12.6. The van der Waals surface area contributed by atoms with Crippen LogP contribution in [0.3, 0.4) is 0 Å². The number of ether oxygens (including phenoxy) is 1. The quantitative estimate of drug-likeness (QED) is 0.809. The number of nitrogens with zero attached hydrogens (tertiary/aromatic N) is 2. The number of carbonyl (C=O) groups is 1. The number of hydrogen-bond acceptors (Lipinski definition) is 5. The number of piperazine rings is 1. The van der Waals surface area contributed by atoms with Crippen LogP contribution in [0, 0.1) is 0 Å². The topological polar surface area (TPSA) is 66.9 Å². The molecule has 2 aliphatic heterocycles. The van der Waals surface area contributed by atoms with Crippen LogP contribution in [0.1, 0.15) is 16.8 Å². The van der Waals surface area contributed by atoms with Crippen LogP contribution in [-0.2, 0) is 9.84 Å². The summed E-state index contributed by atoms with van der Waals surface area (Å²) in [7, 11) is -1.28. The lowest BCUT2D eigenvalue weighted by atomic mass is 10.1. The summed E-state index contributed by atoms with van der Waals surface area (Å²) < 4.78 is 28.4. The molecule has 0 aromatic heterocycles. The van der Waals surface area contributed by atoms with Gasteiger partial charge in [-0.3, -0.25) is 9.69 Å². The lowest BCUT2D eigenvalue weighted by Crippen LogP contribution is -2.52. The second kappa shape index (κ2) is 6.49. The van der Waals surface area contributed by atoms with Gasteiger partial charge in [0.15, 0.2) is 9.84 Å². The molecule has 2 saturated heterocycles. The van der Waals surface area contributed by atoms with E-state index >= 15 is 0 Å². The standard InChI is InChI=1S/C16H22N2O4S/c1-22-15-4-2-3-13(11-15)16(19)18-8-6-17(7-9-18)14-5-10-23(20,21)12-14/h2-4,11,14H,5-10,12H2,1H3/t14-/m0/s1. The number of benzene rings is 1. The fraction of sp³-hybridized carbons (Fsp3) is 0.562. The number of amides is 1. The highest BCUT2D eigenvalue weighted by Gasteiger charge is 2.34. The minimum absolute atomic E-state index is 0.00240. The van der Waals surface area contributed by atoms with Crippen molar-refractivity contribution in [2.24, 2.45) is 0 Å². The Morgan fingerprint density at radius 2 is 1.96 bits per heavy atom. The molecule has 23 heavy (non-hydrogen) atoms. The molecule has 1 aromatic carbocycles. The summed E-state index contributed by atoms with van der Waals surface area (Å²) in [5.41, 5.74) is 0.626. The summed E-state index contributed by atoms with van der Waals surface area (Å²) in [5, 5.41) is 0. The normalized spacial score (nSPS) is 24.6. The molecule has 1 aromatic rings. The summed E-state index contributed by atoms with van der Waals surface area (Å²) in [4.78, 5) is 16.6. The van der Waals surface area contributed by atoms with Crippen LogP contribution in [-0.4, -0.2) is 75.0 Å². The first kappa shape index (κ1) is 16.3. The fourth-order valence-corrected chi connectivity index (χ4v) is 5.05. The van der Waals surface area contributed by atoms with Gasteiger partial charge in [-0.1, -0.05) is 6.07 Å². The van der Waals surface area contributed by atoms with Crippen LogP contribution < -0.4 is 4.74 Å². The van der Waals surface area contributed by atoms with Crippen LogP contribution in [0.2, 0.25) is 0 Å². The zero-order chi connectivity index (χ0) is 16.4. The Morgan fingerprint density at radius 1 is 1.22 bits per heavy atom. The van der Waals surface area contributed by atoms with Crippen molar-refractivity contribution in [3.63, 3.8) is 0 Å². The van der Waals surface area contributed by atoms with E-state index in [1.807, 2.05) is 17.0 Å². The van der Waals surface area contributed by atoms with Gasteiger partial charge in [0.25, 0.3) is 5.91 Å². The van der Waals surface area contributed by atoms with Gasteiger partial charge >= 0.3 is 0 Å². The maximum absolute atomic E-state index is 12.6. The molecule has 2 heterocycles. The van der Waals surface area contributed by atoms with Gasteiger partial charge in [-0.25, -0.2) is 8.42 Å². The predicted octanol–water partition coefficient (Wildman–Crippen LogP) is 0.640. The average molecular weight is 338 g/mol. The number of rotatable bonds is 3. The summed E-state index contributed by atoms with van der Waals surface area (Å²) in [5.74, 6) is 1.23. The Labute approximate surface area is 136 Å². The Balaban J connectivity index is 1.59. The van der Waals surface area contributed by atoms with Crippen molar-refractivity contribution in [1.29, 1.82) is 0 Å². The zero-order valence-corrected chi connectivity index (χ0v) is 14.1.